The van der Waals surface area contributed by atoms with E-state index in [1.807, 2.05) is 30.3 Å². The summed E-state index contributed by atoms with van der Waals surface area (Å²) in [7, 11) is 1.70. The molecule has 0 radical (unpaired) electrons. The van der Waals surface area contributed by atoms with E-state index in [2.05, 4.69) is 6.58 Å². The van der Waals surface area contributed by atoms with E-state index in [0.29, 0.717) is 12.0 Å². The third kappa shape index (κ3) is 4.59. The number of carboxylic acids is 1. The van der Waals surface area contributed by atoms with Gasteiger partial charge in [-0.15, -0.1) is 6.58 Å². The lowest BCUT2D eigenvalue weighted by molar-refractivity contribution is 0.0682. The van der Waals surface area contributed by atoms with E-state index in [-0.39, 0.29) is 11.5 Å². The fourth-order valence-electron chi connectivity index (χ4n) is 3.33. The number of fused-ring (bicyclic) bond motifs is 1. The quantitative estimate of drug-likeness (QED) is 0.340. The Labute approximate surface area is 149 Å². The third-order valence-electron chi connectivity index (χ3n) is 4.65. The van der Waals surface area contributed by atoms with Gasteiger partial charge in [0.25, 0.3) is 0 Å². The van der Waals surface area contributed by atoms with Gasteiger partial charge in [0.2, 0.25) is 0 Å². The summed E-state index contributed by atoms with van der Waals surface area (Å²) in [6, 6.07) is 7.37. The average molecular weight is 341 g/mol. The number of carbonyl (C=O) groups is 2. The van der Waals surface area contributed by atoms with Crippen LogP contribution in [0, 0.1) is 0 Å². The highest BCUT2D eigenvalue weighted by Crippen LogP contribution is 2.27. The van der Waals surface area contributed by atoms with Gasteiger partial charge < -0.3 is 9.67 Å². The molecule has 0 spiro atoms. The number of hydrogen-bond donors (Lipinski definition) is 1. The van der Waals surface area contributed by atoms with Crippen molar-refractivity contribution in [2.24, 2.45) is 7.05 Å². The number of aromatic nitrogens is 1. The van der Waals surface area contributed by atoms with Crippen molar-refractivity contribution in [1.29, 1.82) is 0 Å². The zero-order chi connectivity index (χ0) is 18.2. The first-order chi connectivity index (χ1) is 12.1. The summed E-state index contributed by atoms with van der Waals surface area (Å²) in [6.45, 7) is 3.72. The van der Waals surface area contributed by atoms with Crippen molar-refractivity contribution in [2.45, 2.75) is 51.4 Å². The summed E-state index contributed by atoms with van der Waals surface area (Å²) < 4.78 is 1.60. The molecule has 1 heterocycles. The van der Waals surface area contributed by atoms with Gasteiger partial charge in [0.05, 0.1) is 5.56 Å². The number of para-hydroxylation sites is 1. The molecule has 1 N–H and O–H groups in total. The molecule has 1 aromatic carbocycles. The van der Waals surface area contributed by atoms with Crippen LogP contribution in [-0.4, -0.2) is 21.4 Å². The van der Waals surface area contributed by atoms with Crippen LogP contribution in [0.4, 0.5) is 0 Å². The van der Waals surface area contributed by atoms with Gasteiger partial charge >= 0.3 is 5.97 Å². The smallest absolute Gasteiger partial charge is 0.353 e. The van der Waals surface area contributed by atoms with E-state index >= 15 is 0 Å². The number of carboxylic acid groups (broad SMARTS) is 1. The molecular weight excluding hydrogens is 314 g/mol. The Morgan fingerprint density at radius 3 is 2.40 bits per heavy atom. The number of rotatable bonds is 11. The molecule has 0 saturated carbocycles. The Kier molecular flexibility index (Phi) is 6.99. The van der Waals surface area contributed by atoms with Crippen molar-refractivity contribution in [3.05, 3.63) is 48.2 Å². The standard InChI is InChI=1S/C21H27NO3/c1-3-4-5-6-7-8-9-10-15-18(23)19-16-13-11-12-14-17(16)22(2)20(19)21(24)25/h3,11-14H,1,4-10,15H2,2H3,(H,24,25). The topological polar surface area (TPSA) is 59.3 Å². The van der Waals surface area contributed by atoms with E-state index in [1.54, 1.807) is 11.6 Å². The van der Waals surface area contributed by atoms with Crippen LogP contribution in [0.5, 0.6) is 0 Å². The van der Waals surface area contributed by atoms with Crippen LogP contribution in [0.3, 0.4) is 0 Å². The summed E-state index contributed by atoms with van der Waals surface area (Å²) in [5.41, 5.74) is 1.23. The van der Waals surface area contributed by atoms with Crippen LogP contribution >= 0.6 is 0 Å². The summed E-state index contributed by atoms with van der Waals surface area (Å²) in [5, 5.41) is 10.3. The maximum Gasteiger partial charge on any atom is 0.353 e. The van der Waals surface area contributed by atoms with Crippen molar-refractivity contribution in [3.8, 4) is 0 Å². The normalized spacial score (nSPS) is 10.9. The van der Waals surface area contributed by atoms with E-state index in [9.17, 15) is 14.7 Å². The molecule has 134 valence electrons. The van der Waals surface area contributed by atoms with Crippen LogP contribution in [0.1, 0.15) is 72.2 Å². The largest absolute Gasteiger partial charge is 0.477 e. The van der Waals surface area contributed by atoms with E-state index < -0.39 is 5.97 Å². The zero-order valence-corrected chi connectivity index (χ0v) is 15.0. The van der Waals surface area contributed by atoms with Crippen molar-refractivity contribution >= 4 is 22.7 Å². The minimum absolute atomic E-state index is 0.0687. The number of allylic oxidation sites excluding steroid dienone is 1. The molecule has 0 atom stereocenters. The third-order valence-corrected chi connectivity index (χ3v) is 4.65. The molecule has 0 amide bonds. The molecule has 0 bridgehead atoms. The van der Waals surface area contributed by atoms with Crippen molar-refractivity contribution in [1.82, 2.24) is 4.57 Å². The highest BCUT2D eigenvalue weighted by Gasteiger charge is 2.24. The van der Waals surface area contributed by atoms with Crippen molar-refractivity contribution in [2.75, 3.05) is 0 Å². The first-order valence-corrected chi connectivity index (χ1v) is 9.02. The molecule has 2 aromatic rings. The number of benzene rings is 1. The van der Waals surface area contributed by atoms with Crippen LogP contribution in [0.15, 0.2) is 36.9 Å². The van der Waals surface area contributed by atoms with Gasteiger partial charge in [-0.1, -0.05) is 50.0 Å². The number of unbranched alkanes of at least 4 members (excludes halogenated alkanes) is 6. The summed E-state index contributed by atoms with van der Waals surface area (Å²) in [6.07, 6.45) is 9.91. The monoisotopic (exact) mass is 341 g/mol. The minimum Gasteiger partial charge on any atom is -0.477 e. The molecule has 2 rings (SSSR count). The summed E-state index contributed by atoms with van der Waals surface area (Å²) in [4.78, 5) is 24.3. The molecule has 0 aliphatic heterocycles. The second kappa shape index (κ2) is 9.21. The SMILES string of the molecule is C=CCCCCCCCCC(=O)c1c(C(=O)O)n(C)c2ccccc12. The van der Waals surface area contributed by atoms with Gasteiger partial charge in [-0.25, -0.2) is 4.79 Å². The Morgan fingerprint density at radius 1 is 1.08 bits per heavy atom. The fraction of sp³-hybridized carbons (Fsp3) is 0.429. The molecule has 4 heteroatoms. The van der Waals surface area contributed by atoms with Gasteiger partial charge in [-0.3, -0.25) is 4.79 Å². The van der Waals surface area contributed by atoms with Gasteiger partial charge in [-0.2, -0.15) is 0 Å². The highest BCUT2D eigenvalue weighted by molar-refractivity contribution is 6.15. The lowest BCUT2D eigenvalue weighted by Crippen LogP contribution is -2.11. The fourth-order valence-corrected chi connectivity index (χ4v) is 3.33. The lowest BCUT2D eigenvalue weighted by Gasteiger charge is -2.04. The first-order valence-electron chi connectivity index (χ1n) is 9.02. The maximum absolute atomic E-state index is 12.7. The van der Waals surface area contributed by atoms with Crippen molar-refractivity contribution < 1.29 is 14.7 Å². The second-order valence-electron chi connectivity index (χ2n) is 6.48. The van der Waals surface area contributed by atoms with Gasteiger partial charge in [-0.05, 0) is 25.3 Å². The number of aromatic carboxylic acids is 1. The van der Waals surface area contributed by atoms with Crippen LogP contribution < -0.4 is 0 Å². The first kappa shape index (κ1) is 19.0. The number of nitrogens with zero attached hydrogens (tertiary/aromatic N) is 1. The lowest BCUT2D eigenvalue weighted by atomic mass is 10.0. The number of Topliss-reactive ketones (excluding diaryl/α,β-unsaturated/α-hetero) is 1. The Bertz CT molecular complexity index is 758. The second-order valence-corrected chi connectivity index (χ2v) is 6.48. The molecular formula is C21H27NO3. The predicted molar refractivity (Wildman–Crippen MR) is 101 cm³/mol. The Hall–Kier alpha value is -2.36. The Morgan fingerprint density at radius 2 is 1.72 bits per heavy atom. The van der Waals surface area contributed by atoms with E-state index in [0.717, 1.165) is 36.6 Å². The van der Waals surface area contributed by atoms with E-state index in [4.69, 9.17) is 0 Å². The molecule has 0 fully saturated rings. The number of ketones is 1. The zero-order valence-electron chi connectivity index (χ0n) is 15.0. The number of carbonyl (C=O) groups excluding carboxylic acids is 1. The molecule has 0 aliphatic rings. The number of aryl methyl sites for hydroxylation is 1. The molecule has 25 heavy (non-hydrogen) atoms. The van der Waals surface area contributed by atoms with Crippen LogP contribution in [0.2, 0.25) is 0 Å². The average Bonchev–Trinajstić information content (AvgIpc) is 2.90. The van der Waals surface area contributed by atoms with Gasteiger partial charge in [0.1, 0.15) is 5.69 Å². The summed E-state index contributed by atoms with van der Waals surface area (Å²) in [5.74, 6) is -1.12. The summed E-state index contributed by atoms with van der Waals surface area (Å²) >= 11 is 0. The molecule has 4 nitrogen and oxygen atoms in total. The van der Waals surface area contributed by atoms with Crippen molar-refractivity contribution in [3.63, 3.8) is 0 Å². The maximum atomic E-state index is 12.7. The highest BCUT2D eigenvalue weighted by atomic mass is 16.4. The van der Waals surface area contributed by atoms with Gasteiger partial charge in [0, 0.05) is 24.4 Å². The molecule has 0 unspecified atom stereocenters. The Balaban J connectivity index is 1.99. The molecule has 0 saturated heterocycles. The molecule has 0 aliphatic carbocycles. The molecule has 1 aromatic heterocycles. The van der Waals surface area contributed by atoms with Crippen LogP contribution in [-0.2, 0) is 7.05 Å². The van der Waals surface area contributed by atoms with Crippen LogP contribution in [0.25, 0.3) is 10.9 Å². The predicted octanol–water partition coefficient (Wildman–Crippen LogP) is 5.37. The number of hydrogen-bond acceptors (Lipinski definition) is 2. The minimum atomic E-state index is -1.05. The van der Waals surface area contributed by atoms with Gasteiger partial charge in [0.15, 0.2) is 5.78 Å². The van der Waals surface area contributed by atoms with E-state index in [1.165, 1.54) is 19.3 Å².